The quantitative estimate of drug-likeness (QED) is 0.905. The molecule has 0 radical (unpaired) electrons. The van der Waals surface area contributed by atoms with Crippen molar-refractivity contribution < 1.29 is 9.53 Å². The SMILES string of the molecule is Cc1ccc([C@@H]2C[C@@H]2C(=O)NCCN2C[C@@H](C)O[C@@H](C)C2)s1. The number of ether oxygens (including phenoxy) is 1. The van der Waals surface area contributed by atoms with Crippen molar-refractivity contribution in [3.05, 3.63) is 21.9 Å². The Labute approximate surface area is 136 Å². The lowest BCUT2D eigenvalue weighted by molar-refractivity contribution is -0.122. The number of nitrogens with one attached hydrogen (secondary N) is 1. The maximum absolute atomic E-state index is 12.2. The number of rotatable bonds is 5. The molecule has 2 aliphatic rings. The summed E-state index contributed by atoms with van der Waals surface area (Å²) in [6.45, 7) is 9.92. The van der Waals surface area contributed by atoms with Gasteiger partial charge in [-0.1, -0.05) is 0 Å². The highest BCUT2D eigenvalue weighted by atomic mass is 32.1. The summed E-state index contributed by atoms with van der Waals surface area (Å²) in [5.74, 6) is 0.883. The first-order valence-electron chi connectivity index (χ1n) is 8.25. The molecule has 2 heterocycles. The molecule has 1 saturated carbocycles. The molecule has 2 fully saturated rings. The van der Waals surface area contributed by atoms with Crippen molar-refractivity contribution in [1.29, 1.82) is 0 Å². The molecule has 4 nitrogen and oxygen atoms in total. The van der Waals surface area contributed by atoms with Gasteiger partial charge in [0.05, 0.1) is 12.2 Å². The molecule has 5 heteroatoms. The Bertz CT molecular complexity index is 520. The highest BCUT2D eigenvalue weighted by molar-refractivity contribution is 7.12. The van der Waals surface area contributed by atoms with Crippen LogP contribution in [0.1, 0.15) is 35.9 Å². The number of amides is 1. The van der Waals surface area contributed by atoms with Crippen molar-refractivity contribution in [3.63, 3.8) is 0 Å². The standard InChI is InChI=1S/C17H26N2O2S/c1-11-9-19(10-12(2)21-11)7-6-18-17(20)15-8-14(15)16-5-4-13(3)22-16/h4-5,11-12,14-15H,6-10H2,1-3H3,(H,18,20)/t11-,12+,14-,15+/m1/s1. The number of carbonyl (C=O) groups is 1. The summed E-state index contributed by atoms with van der Waals surface area (Å²) < 4.78 is 5.73. The van der Waals surface area contributed by atoms with Gasteiger partial charge in [0.15, 0.2) is 0 Å². The molecular weight excluding hydrogens is 296 g/mol. The Morgan fingerprint density at radius 2 is 2.09 bits per heavy atom. The molecule has 4 atom stereocenters. The minimum absolute atomic E-state index is 0.195. The van der Waals surface area contributed by atoms with Crippen LogP contribution < -0.4 is 5.32 Å². The van der Waals surface area contributed by atoms with E-state index in [1.807, 2.05) is 11.3 Å². The van der Waals surface area contributed by atoms with Crippen molar-refractivity contribution in [3.8, 4) is 0 Å². The van der Waals surface area contributed by atoms with Crippen LogP contribution >= 0.6 is 11.3 Å². The van der Waals surface area contributed by atoms with E-state index in [1.165, 1.54) is 9.75 Å². The Hall–Kier alpha value is -0.910. The largest absolute Gasteiger partial charge is 0.373 e. The third-order valence-electron chi connectivity index (χ3n) is 4.48. The molecular formula is C17H26N2O2S. The van der Waals surface area contributed by atoms with Crippen LogP contribution in [0.15, 0.2) is 12.1 Å². The van der Waals surface area contributed by atoms with Crippen LogP contribution in [0.4, 0.5) is 0 Å². The third kappa shape index (κ3) is 3.89. The molecule has 0 unspecified atom stereocenters. The van der Waals surface area contributed by atoms with Crippen LogP contribution in [0, 0.1) is 12.8 Å². The number of aryl methyl sites for hydroxylation is 1. The lowest BCUT2D eigenvalue weighted by Gasteiger charge is -2.35. The summed E-state index contributed by atoms with van der Waals surface area (Å²) >= 11 is 1.82. The Balaban J connectivity index is 1.38. The topological polar surface area (TPSA) is 41.6 Å². The molecule has 1 aliphatic carbocycles. The van der Waals surface area contributed by atoms with E-state index in [9.17, 15) is 4.79 Å². The van der Waals surface area contributed by atoms with Crippen molar-refractivity contribution in [2.45, 2.75) is 45.3 Å². The lowest BCUT2D eigenvalue weighted by Crippen LogP contribution is -2.48. The fourth-order valence-corrected chi connectivity index (χ4v) is 4.44. The average Bonchev–Trinajstić information content (AvgIpc) is 3.13. The molecule has 0 bridgehead atoms. The van der Waals surface area contributed by atoms with Gasteiger partial charge >= 0.3 is 0 Å². The van der Waals surface area contributed by atoms with E-state index in [1.54, 1.807) is 0 Å². The predicted octanol–water partition coefficient (Wildman–Crippen LogP) is 2.39. The van der Waals surface area contributed by atoms with Gasteiger partial charge in [0, 0.05) is 47.8 Å². The Morgan fingerprint density at radius 1 is 1.36 bits per heavy atom. The van der Waals surface area contributed by atoms with Gasteiger partial charge in [0.25, 0.3) is 0 Å². The molecule has 1 amide bonds. The van der Waals surface area contributed by atoms with Crippen LogP contribution in [0.3, 0.4) is 0 Å². The fourth-order valence-electron chi connectivity index (χ4n) is 3.39. The van der Waals surface area contributed by atoms with Crippen LogP contribution in [0.25, 0.3) is 0 Å². The second-order valence-corrected chi connectivity index (χ2v) is 8.02. The minimum atomic E-state index is 0.195. The van der Waals surface area contributed by atoms with E-state index in [2.05, 4.69) is 43.1 Å². The molecule has 122 valence electrons. The van der Waals surface area contributed by atoms with Gasteiger partial charge in [-0.15, -0.1) is 11.3 Å². The molecule has 1 N–H and O–H groups in total. The summed E-state index contributed by atoms with van der Waals surface area (Å²) in [7, 11) is 0. The number of morpholine rings is 1. The number of hydrogen-bond acceptors (Lipinski definition) is 4. The van der Waals surface area contributed by atoms with E-state index in [0.29, 0.717) is 5.92 Å². The van der Waals surface area contributed by atoms with Gasteiger partial charge < -0.3 is 10.1 Å². The van der Waals surface area contributed by atoms with E-state index in [0.717, 1.165) is 32.6 Å². The van der Waals surface area contributed by atoms with Crippen molar-refractivity contribution >= 4 is 17.2 Å². The zero-order chi connectivity index (χ0) is 15.7. The van der Waals surface area contributed by atoms with E-state index in [-0.39, 0.29) is 24.0 Å². The van der Waals surface area contributed by atoms with E-state index in [4.69, 9.17) is 4.74 Å². The second-order valence-electron chi connectivity index (χ2n) is 6.71. The van der Waals surface area contributed by atoms with Crippen LogP contribution in [0.5, 0.6) is 0 Å². The second kappa shape index (κ2) is 6.69. The summed E-state index contributed by atoms with van der Waals surface area (Å²) in [6, 6.07) is 4.32. The number of nitrogens with zero attached hydrogens (tertiary/aromatic N) is 1. The van der Waals surface area contributed by atoms with Crippen LogP contribution in [-0.2, 0) is 9.53 Å². The minimum Gasteiger partial charge on any atom is -0.373 e. The molecule has 1 aromatic heterocycles. The zero-order valence-corrected chi connectivity index (χ0v) is 14.5. The predicted molar refractivity (Wildman–Crippen MR) is 89.4 cm³/mol. The Kier molecular flexibility index (Phi) is 4.85. The first-order valence-corrected chi connectivity index (χ1v) is 9.06. The molecule has 1 aliphatic heterocycles. The fraction of sp³-hybridized carbons (Fsp3) is 0.706. The summed E-state index contributed by atoms with van der Waals surface area (Å²) in [4.78, 5) is 17.3. The van der Waals surface area contributed by atoms with Crippen molar-refractivity contribution in [2.75, 3.05) is 26.2 Å². The highest BCUT2D eigenvalue weighted by Gasteiger charge is 2.44. The number of thiophene rings is 1. The van der Waals surface area contributed by atoms with Crippen LogP contribution in [0.2, 0.25) is 0 Å². The van der Waals surface area contributed by atoms with Gasteiger partial charge in [-0.25, -0.2) is 0 Å². The molecule has 1 aromatic rings. The first-order chi connectivity index (χ1) is 10.5. The molecule has 1 saturated heterocycles. The smallest absolute Gasteiger partial charge is 0.223 e. The average molecular weight is 322 g/mol. The van der Waals surface area contributed by atoms with Crippen molar-refractivity contribution in [1.82, 2.24) is 10.2 Å². The maximum Gasteiger partial charge on any atom is 0.223 e. The zero-order valence-electron chi connectivity index (χ0n) is 13.7. The summed E-state index contributed by atoms with van der Waals surface area (Å²) in [5.41, 5.74) is 0. The molecule has 0 spiro atoms. The maximum atomic E-state index is 12.2. The van der Waals surface area contributed by atoms with Crippen molar-refractivity contribution in [2.24, 2.45) is 5.92 Å². The Morgan fingerprint density at radius 3 is 2.73 bits per heavy atom. The van der Waals surface area contributed by atoms with Gasteiger partial charge in [-0.2, -0.15) is 0 Å². The normalized spacial score (nSPS) is 32.0. The van der Waals surface area contributed by atoms with Crippen LogP contribution in [-0.4, -0.2) is 49.2 Å². The summed E-state index contributed by atoms with van der Waals surface area (Å²) in [6.07, 6.45) is 1.58. The van der Waals surface area contributed by atoms with Gasteiger partial charge in [0.1, 0.15) is 0 Å². The summed E-state index contributed by atoms with van der Waals surface area (Å²) in [5, 5.41) is 3.11. The third-order valence-corrected chi connectivity index (χ3v) is 5.61. The van der Waals surface area contributed by atoms with Gasteiger partial charge in [-0.3, -0.25) is 9.69 Å². The lowest BCUT2D eigenvalue weighted by atomic mass is 10.2. The van der Waals surface area contributed by atoms with E-state index < -0.39 is 0 Å². The number of hydrogen-bond donors (Lipinski definition) is 1. The van der Waals surface area contributed by atoms with Gasteiger partial charge in [0.2, 0.25) is 5.91 Å². The van der Waals surface area contributed by atoms with E-state index >= 15 is 0 Å². The highest BCUT2D eigenvalue weighted by Crippen LogP contribution is 2.49. The number of carbonyl (C=O) groups excluding carboxylic acids is 1. The molecule has 3 rings (SSSR count). The molecule has 22 heavy (non-hydrogen) atoms. The monoisotopic (exact) mass is 322 g/mol. The van der Waals surface area contributed by atoms with Gasteiger partial charge in [-0.05, 0) is 39.3 Å². The first kappa shape index (κ1) is 16.0. The molecule has 0 aromatic carbocycles.